The Morgan fingerprint density at radius 1 is 0.311 bits per heavy atom. The van der Waals surface area contributed by atoms with Gasteiger partial charge in [-0.2, -0.15) is 0 Å². The van der Waals surface area contributed by atoms with E-state index in [4.69, 9.17) is 0 Å². The van der Waals surface area contributed by atoms with Crippen LogP contribution in [-0.4, -0.2) is 18.4 Å². The zero-order valence-electron chi connectivity index (χ0n) is 49.3. The van der Waals surface area contributed by atoms with E-state index in [0.717, 1.165) is 0 Å². The third kappa shape index (κ3) is 17.6. The zero-order chi connectivity index (χ0) is 53.1. The van der Waals surface area contributed by atoms with E-state index in [1.54, 1.807) is 46.7 Å². The molecule has 2 aliphatic carbocycles. The minimum atomic E-state index is -2.53. The van der Waals surface area contributed by atoms with Gasteiger partial charge < -0.3 is 0 Å². The summed E-state index contributed by atoms with van der Waals surface area (Å²) in [6.07, 6.45) is 46.7. The Balaban J connectivity index is 0.000000288. The van der Waals surface area contributed by atoms with Crippen molar-refractivity contribution in [3.05, 3.63) is 110 Å². The average molecular weight is 1240 g/mol. The molecule has 0 saturated carbocycles. The summed E-state index contributed by atoms with van der Waals surface area (Å²) in [6, 6.07) is 29.7. The second-order valence-corrected chi connectivity index (χ2v) is 39.1. The van der Waals surface area contributed by atoms with Crippen LogP contribution in [0.5, 0.6) is 0 Å². The molecule has 0 aliphatic heterocycles. The van der Waals surface area contributed by atoms with Crippen molar-refractivity contribution >= 4 is 53.8 Å². The molecule has 0 N–H and O–H groups in total. The van der Waals surface area contributed by atoms with Crippen LogP contribution in [0.3, 0.4) is 0 Å². The van der Waals surface area contributed by atoms with Crippen molar-refractivity contribution in [2.45, 2.75) is 298 Å². The molecule has 0 fully saturated rings. The van der Waals surface area contributed by atoms with Gasteiger partial charge in [-0.25, -0.2) is 0 Å². The number of unbranched alkanes of at least 4 members (excludes halogenated alkanes) is 23. The van der Waals surface area contributed by atoms with Crippen molar-refractivity contribution in [3.63, 3.8) is 0 Å². The Labute approximate surface area is 479 Å². The van der Waals surface area contributed by atoms with Crippen molar-refractivity contribution in [3.8, 4) is 22.3 Å². The van der Waals surface area contributed by atoms with E-state index in [1.807, 2.05) is 3.58 Å². The number of fused-ring (bicyclic) bond motifs is 6. The molecule has 0 atom stereocenters. The van der Waals surface area contributed by atoms with E-state index >= 15 is 0 Å². The van der Waals surface area contributed by atoms with Gasteiger partial charge in [0.25, 0.3) is 0 Å². The topological polar surface area (TPSA) is 0 Å². The Bertz CT molecular complexity index is 2070. The number of aryl methyl sites for hydroxylation is 1. The first-order chi connectivity index (χ1) is 36.1. The van der Waals surface area contributed by atoms with Gasteiger partial charge in [0.2, 0.25) is 0 Å². The maximum atomic E-state index is 3.79. The van der Waals surface area contributed by atoms with Crippen LogP contribution in [-0.2, 0) is 10.8 Å². The molecule has 412 valence electrons. The third-order valence-electron chi connectivity index (χ3n) is 18.3. The Morgan fingerprint density at radius 2 is 0.595 bits per heavy atom. The van der Waals surface area contributed by atoms with Crippen molar-refractivity contribution in [2.75, 3.05) is 0 Å². The first-order valence-electron chi connectivity index (χ1n) is 32.0. The summed E-state index contributed by atoms with van der Waals surface area (Å²) in [5.41, 5.74) is 14.5. The van der Waals surface area contributed by atoms with Crippen LogP contribution in [0.2, 0.25) is 13.3 Å². The van der Waals surface area contributed by atoms with Crippen molar-refractivity contribution in [1.29, 1.82) is 0 Å². The molecule has 6 rings (SSSR count). The van der Waals surface area contributed by atoms with Crippen molar-refractivity contribution < 1.29 is 0 Å². The molecule has 3 heteroatoms. The summed E-state index contributed by atoms with van der Waals surface area (Å²) in [6.45, 7) is 18.9. The predicted molar refractivity (Wildman–Crippen MR) is 342 cm³/mol. The van der Waals surface area contributed by atoms with Crippen molar-refractivity contribution in [1.82, 2.24) is 0 Å². The fraction of sp³-hybridized carbons (Fsp3) is 0.662. The van der Waals surface area contributed by atoms with E-state index < -0.39 is 18.4 Å². The standard InChI is InChI=1S/C30H43.C29H40Br2.3C4H9.Sn/c1-4-6-8-10-12-16-22-30(23-17-13-11-9-7-5-2)28-19-15-14-18-26(28)27-21-20-25(3)24-29(27)30;1-3-5-7-9-11-13-19-29(20-14-12-10-8-6-4-2)27-21-23(30)15-17-25(27)26-18-16-24(31)22-28(26)29;3*1-3-4-2;/h14,18-21,24H,4-13,16-17,22-23H2,1-3H3;15-18,21-22H,3-14,19-20H2,1-2H3;3*1,3-4H2,2H3;. The SMILES string of the molecule is CCCCCCCCC1(CCCCCCCC)c2cc(Br)ccc2-c2ccc(Br)cc21.CCCCCCCCC1(CCCCCCCC)c2cc(C)ccc2-c2cc[c]([Sn]([CH2]CCC)([CH2]CCC)[CH2]CCC)cc21. The van der Waals surface area contributed by atoms with Gasteiger partial charge in [0.15, 0.2) is 0 Å². The van der Waals surface area contributed by atoms with Gasteiger partial charge >= 0.3 is 275 Å². The number of halogens is 2. The third-order valence-corrected chi connectivity index (χ3v) is 34.9. The Kier molecular flexibility index (Phi) is 29.7. The molecule has 4 aromatic carbocycles. The van der Waals surface area contributed by atoms with Gasteiger partial charge in [0.05, 0.1) is 0 Å². The first kappa shape index (κ1) is 63.5. The molecule has 0 unspecified atom stereocenters. The molecule has 0 spiro atoms. The molecule has 0 nitrogen and oxygen atoms in total. The van der Waals surface area contributed by atoms with Crippen LogP contribution >= 0.6 is 31.9 Å². The van der Waals surface area contributed by atoms with Crippen LogP contribution in [0.1, 0.15) is 295 Å². The summed E-state index contributed by atoms with van der Waals surface area (Å²) >= 11 is 5.04. The second-order valence-electron chi connectivity index (χ2n) is 24.0. The molecule has 74 heavy (non-hydrogen) atoms. The van der Waals surface area contributed by atoms with Crippen LogP contribution in [0.15, 0.2) is 81.7 Å². The van der Waals surface area contributed by atoms with E-state index in [1.165, 1.54) is 244 Å². The fourth-order valence-electron chi connectivity index (χ4n) is 13.9. The Morgan fingerprint density at radius 3 is 0.946 bits per heavy atom. The van der Waals surface area contributed by atoms with Gasteiger partial charge in [-0.3, -0.25) is 0 Å². The molecule has 0 amide bonds. The number of hydrogen-bond donors (Lipinski definition) is 0. The summed E-state index contributed by atoms with van der Waals surface area (Å²) in [5, 5.41) is 0. The second kappa shape index (κ2) is 34.6. The number of hydrogen-bond acceptors (Lipinski definition) is 0. The molecular formula is C71H110Br2Sn. The van der Waals surface area contributed by atoms with Gasteiger partial charge in [0, 0.05) is 14.4 Å². The molecule has 4 aromatic rings. The van der Waals surface area contributed by atoms with Crippen LogP contribution in [0.25, 0.3) is 22.3 Å². The van der Waals surface area contributed by atoms with Gasteiger partial charge in [-0.05, 0) is 59.4 Å². The zero-order valence-corrected chi connectivity index (χ0v) is 55.4. The molecule has 0 heterocycles. The van der Waals surface area contributed by atoms with Crippen LogP contribution in [0.4, 0.5) is 0 Å². The molecular weight excluding hydrogens is 1130 g/mol. The normalized spacial score (nSPS) is 13.9. The van der Waals surface area contributed by atoms with Gasteiger partial charge in [0.1, 0.15) is 0 Å². The minimum absolute atomic E-state index is 0.174. The van der Waals surface area contributed by atoms with E-state index in [-0.39, 0.29) is 10.8 Å². The van der Waals surface area contributed by atoms with E-state index in [0.29, 0.717) is 0 Å². The van der Waals surface area contributed by atoms with Crippen molar-refractivity contribution in [2.24, 2.45) is 0 Å². The van der Waals surface area contributed by atoms with Gasteiger partial charge in [-0.1, -0.05) is 135 Å². The van der Waals surface area contributed by atoms with E-state index in [9.17, 15) is 0 Å². The predicted octanol–water partition coefficient (Wildman–Crippen LogP) is 24.8. The van der Waals surface area contributed by atoms with Gasteiger partial charge in [-0.15, -0.1) is 0 Å². The van der Waals surface area contributed by atoms with Crippen LogP contribution in [0, 0.1) is 6.92 Å². The monoisotopic (exact) mass is 1240 g/mol. The molecule has 0 radical (unpaired) electrons. The fourth-order valence-corrected chi connectivity index (χ4v) is 30.6. The molecule has 0 bridgehead atoms. The summed E-state index contributed by atoms with van der Waals surface area (Å²) in [5.74, 6) is 0. The van der Waals surface area contributed by atoms with E-state index in [2.05, 4.69) is 160 Å². The summed E-state index contributed by atoms with van der Waals surface area (Å²) in [4.78, 5) is 0. The number of rotatable bonds is 38. The quantitative estimate of drug-likeness (QED) is 0.0310. The first-order valence-corrected chi connectivity index (χ1v) is 41.1. The molecule has 2 aliphatic rings. The molecule has 0 aromatic heterocycles. The summed E-state index contributed by atoms with van der Waals surface area (Å²) < 4.78 is 9.03. The molecule has 0 saturated heterocycles. The summed E-state index contributed by atoms with van der Waals surface area (Å²) in [7, 11) is 0. The average Bonchev–Trinajstić information content (AvgIpc) is 3.82. The van der Waals surface area contributed by atoms with Crippen LogP contribution < -0.4 is 3.58 Å². The Hall–Kier alpha value is -1.36. The number of benzene rings is 4. The maximum absolute atomic E-state index is 3.79.